The first kappa shape index (κ1) is 19.6. The predicted molar refractivity (Wildman–Crippen MR) is 110 cm³/mol. The summed E-state index contributed by atoms with van der Waals surface area (Å²) in [6, 6.07) is 4.54. The number of carbonyl (C=O) groups is 1. The summed E-state index contributed by atoms with van der Waals surface area (Å²) in [4.78, 5) is 22.8. The third-order valence-electron chi connectivity index (χ3n) is 5.11. The van der Waals surface area contributed by atoms with Crippen molar-refractivity contribution in [2.75, 3.05) is 18.0 Å². The second kappa shape index (κ2) is 7.63. The second-order valence-electron chi connectivity index (χ2n) is 7.15. The minimum atomic E-state index is -0.592. The number of carbonyl (C=O) groups excluding carboxylic acids is 1. The summed E-state index contributed by atoms with van der Waals surface area (Å²) in [7, 11) is 0. The number of hydrogen-bond donors (Lipinski definition) is 1. The first-order valence-corrected chi connectivity index (χ1v) is 9.67. The van der Waals surface area contributed by atoms with E-state index in [0.717, 1.165) is 0 Å². The maximum absolute atomic E-state index is 14.4. The Kier molecular flexibility index (Phi) is 4.99. The van der Waals surface area contributed by atoms with Gasteiger partial charge in [0.2, 0.25) is 5.69 Å². The van der Waals surface area contributed by atoms with Crippen LogP contribution < -0.4 is 15.0 Å². The Balaban J connectivity index is 1.92. The molecule has 0 aliphatic carbocycles. The quantitative estimate of drug-likeness (QED) is 0.626. The Morgan fingerprint density at radius 3 is 2.93 bits per heavy atom. The van der Waals surface area contributed by atoms with Gasteiger partial charge in [-0.25, -0.2) is 18.7 Å². The molecule has 1 amide bonds. The highest BCUT2D eigenvalue weighted by molar-refractivity contribution is 6.01. The molecule has 9 heteroatoms. The number of halogens is 1. The topological polar surface area (TPSA) is 76.1 Å². The van der Waals surface area contributed by atoms with Crippen LogP contribution in [0.1, 0.15) is 35.5 Å². The van der Waals surface area contributed by atoms with Gasteiger partial charge in [0.1, 0.15) is 29.1 Å². The first-order chi connectivity index (χ1) is 14.4. The predicted octanol–water partition coefficient (Wildman–Crippen LogP) is 3.26. The lowest BCUT2D eigenvalue weighted by Crippen LogP contribution is -2.34. The SMILES string of the molecule is [C-]#[N+]c1c(F)ccc2c1CN(CC)c1ccn3nc(C)c(c3n1)C(=O)NC[C@H](C)O2. The number of nitrogens with zero attached hydrogens (tertiary/aromatic N) is 5. The van der Waals surface area contributed by atoms with E-state index < -0.39 is 11.9 Å². The number of nitrogens with one attached hydrogen (secondary N) is 1. The van der Waals surface area contributed by atoms with Gasteiger partial charge in [-0.3, -0.25) is 4.79 Å². The number of amides is 1. The molecule has 1 aliphatic heterocycles. The van der Waals surface area contributed by atoms with E-state index in [0.29, 0.717) is 40.6 Å². The van der Waals surface area contributed by atoms with Gasteiger partial charge in [0, 0.05) is 24.8 Å². The molecule has 1 aliphatic rings. The maximum atomic E-state index is 14.4. The maximum Gasteiger partial charge on any atom is 0.257 e. The monoisotopic (exact) mass is 408 g/mol. The van der Waals surface area contributed by atoms with Crippen LogP contribution in [0.5, 0.6) is 5.75 Å². The Labute approximate surface area is 173 Å². The molecule has 154 valence electrons. The fourth-order valence-electron chi connectivity index (χ4n) is 3.57. The number of ether oxygens (including phenoxy) is 1. The van der Waals surface area contributed by atoms with Gasteiger partial charge in [0.25, 0.3) is 5.91 Å². The Morgan fingerprint density at radius 2 is 2.20 bits per heavy atom. The smallest absolute Gasteiger partial charge is 0.257 e. The van der Waals surface area contributed by atoms with E-state index >= 15 is 0 Å². The average molecular weight is 408 g/mol. The number of aryl methyl sites for hydroxylation is 1. The zero-order valence-electron chi connectivity index (χ0n) is 16.9. The standard InChI is InChI=1S/C21H21FN6O2/c1-5-27-11-14-16(7-6-15(22)19(14)23-4)30-12(2)10-24-21(29)18-13(3)26-28-9-8-17(27)25-20(18)28/h6-9,12H,5,10-11H2,1-3H3,(H,24,29)/t12-/m0/s1. The van der Waals surface area contributed by atoms with Gasteiger partial charge in [-0.2, -0.15) is 5.10 Å². The second-order valence-corrected chi connectivity index (χ2v) is 7.15. The van der Waals surface area contributed by atoms with Gasteiger partial charge in [-0.1, -0.05) is 0 Å². The van der Waals surface area contributed by atoms with Crippen molar-refractivity contribution in [2.24, 2.45) is 0 Å². The molecule has 1 N–H and O–H groups in total. The molecule has 1 atom stereocenters. The molecule has 3 aromatic rings. The molecule has 0 radical (unpaired) electrons. The van der Waals surface area contributed by atoms with Crippen molar-refractivity contribution >= 4 is 23.1 Å². The summed E-state index contributed by atoms with van der Waals surface area (Å²) in [6.07, 6.45) is 1.35. The van der Waals surface area contributed by atoms with Crippen molar-refractivity contribution in [1.82, 2.24) is 19.9 Å². The summed E-state index contributed by atoms with van der Waals surface area (Å²) in [5, 5.41) is 7.23. The van der Waals surface area contributed by atoms with Crippen LogP contribution >= 0.6 is 0 Å². The third kappa shape index (κ3) is 3.30. The molecule has 2 aromatic heterocycles. The van der Waals surface area contributed by atoms with Crippen LogP contribution in [0, 0.1) is 19.3 Å². The number of benzene rings is 1. The van der Waals surface area contributed by atoms with E-state index in [1.807, 2.05) is 11.8 Å². The van der Waals surface area contributed by atoms with Crippen LogP contribution in [-0.4, -0.2) is 39.7 Å². The molecule has 0 saturated carbocycles. The summed E-state index contributed by atoms with van der Waals surface area (Å²) in [6.45, 7) is 14.0. The molecule has 3 heterocycles. The van der Waals surface area contributed by atoms with Crippen molar-refractivity contribution in [1.29, 1.82) is 0 Å². The highest BCUT2D eigenvalue weighted by Gasteiger charge is 2.24. The number of anilines is 1. The zero-order valence-corrected chi connectivity index (χ0v) is 16.9. The van der Waals surface area contributed by atoms with Crippen molar-refractivity contribution in [3.63, 3.8) is 0 Å². The van der Waals surface area contributed by atoms with Crippen LogP contribution in [-0.2, 0) is 6.54 Å². The van der Waals surface area contributed by atoms with Crippen LogP contribution in [0.4, 0.5) is 15.9 Å². The van der Waals surface area contributed by atoms with E-state index in [4.69, 9.17) is 11.3 Å². The van der Waals surface area contributed by atoms with E-state index in [1.165, 1.54) is 12.1 Å². The van der Waals surface area contributed by atoms with Gasteiger partial charge < -0.3 is 15.0 Å². The highest BCUT2D eigenvalue weighted by atomic mass is 19.1. The Bertz CT molecular complexity index is 1180. The zero-order chi connectivity index (χ0) is 21.4. The third-order valence-corrected chi connectivity index (χ3v) is 5.11. The van der Waals surface area contributed by atoms with Gasteiger partial charge in [0.15, 0.2) is 5.65 Å². The molecule has 1 aromatic carbocycles. The molecule has 8 nitrogen and oxygen atoms in total. The van der Waals surface area contributed by atoms with Gasteiger partial charge in [0.05, 0.1) is 18.8 Å². The van der Waals surface area contributed by atoms with E-state index in [9.17, 15) is 9.18 Å². The summed E-state index contributed by atoms with van der Waals surface area (Å²) in [5.41, 5.74) is 1.81. The lowest BCUT2D eigenvalue weighted by Gasteiger charge is -2.25. The number of hydrogen-bond acceptors (Lipinski definition) is 5. The van der Waals surface area contributed by atoms with Crippen LogP contribution in [0.15, 0.2) is 24.4 Å². The highest BCUT2D eigenvalue weighted by Crippen LogP contribution is 2.34. The van der Waals surface area contributed by atoms with Crippen molar-refractivity contribution in [2.45, 2.75) is 33.4 Å². The van der Waals surface area contributed by atoms with E-state index in [1.54, 1.807) is 30.6 Å². The molecular formula is C21H21FN6O2. The molecule has 0 saturated heterocycles. The average Bonchev–Trinajstić information content (AvgIpc) is 3.06. The molecule has 30 heavy (non-hydrogen) atoms. The molecule has 4 rings (SSSR count). The van der Waals surface area contributed by atoms with E-state index in [-0.39, 0.29) is 24.7 Å². The van der Waals surface area contributed by atoms with Crippen LogP contribution in [0.3, 0.4) is 0 Å². The first-order valence-electron chi connectivity index (χ1n) is 9.67. The molecule has 0 fully saturated rings. The summed E-state index contributed by atoms with van der Waals surface area (Å²) >= 11 is 0. The van der Waals surface area contributed by atoms with Crippen molar-refractivity contribution < 1.29 is 13.9 Å². The lowest BCUT2D eigenvalue weighted by molar-refractivity contribution is 0.0933. The number of aromatic nitrogens is 3. The molecule has 2 bridgehead atoms. The fourth-order valence-corrected chi connectivity index (χ4v) is 3.57. The Hall–Kier alpha value is -3.67. The Morgan fingerprint density at radius 1 is 1.40 bits per heavy atom. The van der Waals surface area contributed by atoms with Gasteiger partial charge in [-0.15, -0.1) is 0 Å². The number of fused-ring (bicyclic) bond motifs is 2. The summed E-state index contributed by atoms with van der Waals surface area (Å²) in [5.74, 6) is 0.136. The van der Waals surface area contributed by atoms with Crippen molar-refractivity contribution in [3.05, 3.63) is 58.5 Å². The van der Waals surface area contributed by atoms with Gasteiger partial charge >= 0.3 is 0 Å². The summed E-state index contributed by atoms with van der Waals surface area (Å²) < 4.78 is 21.9. The van der Waals surface area contributed by atoms with Crippen LogP contribution in [0.25, 0.3) is 10.5 Å². The normalized spacial score (nSPS) is 16.7. The van der Waals surface area contributed by atoms with Crippen LogP contribution in [0.2, 0.25) is 0 Å². The fraction of sp³-hybridized carbons (Fsp3) is 0.333. The number of rotatable bonds is 1. The molecular weight excluding hydrogens is 387 g/mol. The molecule has 0 unspecified atom stereocenters. The molecule has 0 spiro atoms. The van der Waals surface area contributed by atoms with E-state index in [2.05, 4.69) is 20.2 Å². The minimum absolute atomic E-state index is 0.0704. The largest absolute Gasteiger partial charge is 0.490 e. The minimum Gasteiger partial charge on any atom is -0.490 e. The lowest BCUT2D eigenvalue weighted by atomic mass is 10.1. The van der Waals surface area contributed by atoms with Gasteiger partial charge in [-0.05, 0) is 39.0 Å². The van der Waals surface area contributed by atoms with Crippen molar-refractivity contribution in [3.8, 4) is 5.75 Å².